The van der Waals surface area contributed by atoms with Gasteiger partial charge in [-0.2, -0.15) is 5.26 Å². The second-order valence-electron chi connectivity index (χ2n) is 12.6. The predicted molar refractivity (Wildman–Crippen MR) is 199 cm³/mol. The fourth-order valence-corrected chi connectivity index (χ4v) is 7.32. The molecule has 5 aromatic rings. The molecule has 0 fully saturated rings. The van der Waals surface area contributed by atoms with Crippen LogP contribution in [0.15, 0.2) is 174 Å². The minimum absolute atomic E-state index is 0.0596. The maximum Gasteiger partial charge on any atom is 0.134 e. The summed E-state index contributed by atoms with van der Waals surface area (Å²) in [6.07, 6.45) is 17.7. The van der Waals surface area contributed by atoms with Crippen LogP contribution in [0.3, 0.4) is 0 Å². The summed E-state index contributed by atoms with van der Waals surface area (Å²) >= 11 is 0. The standard InChI is InChI=1S/C45H35N3/c46-30-31-20-22-33(23-21-31)40-29-28-32-12-10-11-19-39(32)41(40)35-24-26-38(27-25-35)45-47-43(36-15-6-2-7-16-36)42(34-13-4-1-5-14-34)44(48-45)37-17-8-3-9-18-37/h1-17,19-24,26-29,35,37,44H,18,25H2,(H,47,48). The molecule has 48 heavy (non-hydrogen) atoms. The number of hydrogen-bond acceptors (Lipinski definition) is 3. The van der Waals surface area contributed by atoms with Gasteiger partial charge in [-0.1, -0.05) is 152 Å². The van der Waals surface area contributed by atoms with Gasteiger partial charge in [0.05, 0.1) is 23.4 Å². The molecule has 3 atom stereocenters. The number of benzene rings is 5. The van der Waals surface area contributed by atoms with Crippen molar-refractivity contribution in [3.63, 3.8) is 0 Å². The van der Waals surface area contributed by atoms with Gasteiger partial charge in [0.15, 0.2) is 0 Å². The Labute approximate surface area is 282 Å². The molecule has 1 heterocycles. The first-order valence-electron chi connectivity index (χ1n) is 16.7. The second-order valence-corrected chi connectivity index (χ2v) is 12.6. The SMILES string of the molecule is N#Cc1ccc(-c2ccc3ccccc3c2C2C=CC(C3=NC(c4ccccc4)=C(c4ccccc4)C(C4C=CC=CC4)N3)=CC2)cc1. The molecule has 2 aliphatic carbocycles. The largest absolute Gasteiger partial charge is 0.362 e. The van der Waals surface area contributed by atoms with Crippen molar-refractivity contribution in [2.75, 3.05) is 0 Å². The molecule has 0 spiro atoms. The third-order valence-electron chi connectivity index (χ3n) is 9.70. The summed E-state index contributed by atoms with van der Waals surface area (Å²) in [6, 6.07) is 44.7. The van der Waals surface area contributed by atoms with E-state index in [4.69, 9.17) is 4.99 Å². The first-order valence-corrected chi connectivity index (χ1v) is 16.7. The Balaban J connectivity index is 1.21. The lowest BCUT2D eigenvalue weighted by Crippen LogP contribution is -2.44. The first-order chi connectivity index (χ1) is 23.8. The Morgan fingerprint density at radius 3 is 2.15 bits per heavy atom. The monoisotopic (exact) mass is 617 g/mol. The molecule has 230 valence electrons. The highest BCUT2D eigenvalue weighted by Crippen LogP contribution is 2.41. The van der Waals surface area contributed by atoms with Crippen LogP contribution in [0.5, 0.6) is 0 Å². The summed E-state index contributed by atoms with van der Waals surface area (Å²) in [7, 11) is 0. The molecule has 0 radical (unpaired) electrons. The molecule has 3 aliphatic rings. The van der Waals surface area contributed by atoms with Crippen molar-refractivity contribution in [2.45, 2.75) is 24.8 Å². The Morgan fingerprint density at radius 2 is 1.44 bits per heavy atom. The van der Waals surface area contributed by atoms with Gasteiger partial charge in [-0.3, -0.25) is 0 Å². The van der Waals surface area contributed by atoms with Gasteiger partial charge in [0, 0.05) is 28.5 Å². The van der Waals surface area contributed by atoms with Gasteiger partial charge in [0.25, 0.3) is 0 Å². The van der Waals surface area contributed by atoms with Gasteiger partial charge >= 0.3 is 0 Å². The zero-order valence-corrected chi connectivity index (χ0v) is 26.6. The highest BCUT2D eigenvalue weighted by molar-refractivity contribution is 6.10. The van der Waals surface area contributed by atoms with E-state index in [0.29, 0.717) is 11.5 Å². The average Bonchev–Trinajstić information content (AvgIpc) is 3.18. The molecule has 0 saturated heterocycles. The number of rotatable bonds is 6. The number of nitriles is 1. The van der Waals surface area contributed by atoms with Crippen molar-refractivity contribution in [1.29, 1.82) is 5.26 Å². The van der Waals surface area contributed by atoms with E-state index in [1.807, 2.05) is 12.1 Å². The number of hydrogen-bond donors (Lipinski definition) is 1. The maximum absolute atomic E-state index is 9.39. The van der Waals surface area contributed by atoms with Crippen LogP contribution < -0.4 is 5.32 Å². The van der Waals surface area contributed by atoms with Crippen molar-refractivity contribution in [3.05, 3.63) is 192 Å². The molecule has 1 aliphatic heterocycles. The highest BCUT2D eigenvalue weighted by Gasteiger charge is 2.33. The molecule has 0 saturated carbocycles. The summed E-state index contributed by atoms with van der Waals surface area (Å²) in [5.41, 5.74) is 10.0. The first kappa shape index (κ1) is 29.4. The van der Waals surface area contributed by atoms with E-state index in [0.717, 1.165) is 41.1 Å². The van der Waals surface area contributed by atoms with Crippen molar-refractivity contribution in [1.82, 2.24) is 5.32 Å². The van der Waals surface area contributed by atoms with Crippen molar-refractivity contribution >= 4 is 27.9 Å². The van der Waals surface area contributed by atoms with Crippen LogP contribution in [0.25, 0.3) is 33.2 Å². The highest BCUT2D eigenvalue weighted by atomic mass is 15.1. The van der Waals surface area contributed by atoms with E-state index >= 15 is 0 Å². The lowest BCUT2D eigenvalue weighted by molar-refractivity contribution is 0.546. The van der Waals surface area contributed by atoms with E-state index in [1.165, 1.54) is 33.0 Å². The molecule has 0 aromatic heterocycles. The van der Waals surface area contributed by atoms with Gasteiger partial charge in [-0.05, 0) is 58.0 Å². The zero-order chi connectivity index (χ0) is 32.3. The number of nitrogens with zero attached hydrogens (tertiary/aromatic N) is 2. The minimum Gasteiger partial charge on any atom is -0.362 e. The van der Waals surface area contributed by atoms with Gasteiger partial charge < -0.3 is 5.32 Å². The smallest absolute Gasteiger partial charge is 0.134 e. The number of nitrogens with one attached hydrogen (secondary N) is 1. The topological polar surface area (TPSA) is 48.2 Å². The van der Waals surface area contributed by atoms with E-state index in [9.17, 15) is 5.26 Å². The lowest BCUT2D eigenvalue weighted by atomic mass is 9.80. The molecule has 3 heteroatoms. The van der Waals surface area contributed by atoms with Gasteiger partial charge in [-0.15, -0.1) is 0 Å². The van der Waals surface area contributed by atoms with Crippen molar-refractivity contribution in [3.8, 4) is 17.2 Å². The van der Waals surface area contributed by atoms with Crippen LogP contribution in [0.4, 0.5) is 0 Å². The van der Waals surface area contributed by atoms with Crippen LogP contribution in [-0.2, 0) is 0 Å². The summed E-state index contributed by atoms with van der Waals surface area (Å²) < 4.78 is 0. The maximum atomic E-state index is 9.39. The third kappa shape index (κ3) is 5.63. The lowest BCUT2D eigenvalue weighted by Gasteiger charge is -2.35. The molecule has 5 aromatic carbocycles. The number of fused-ring (bicyclic) bond motifs is 1. The Kier molecular flexibility index (Phi) is 7.98. The van der Waals surface area contributed by atoms with Crippen LogP contribution in [0.1, 0.15) is 41.0 Å². The van der Waals surface area contributed by atoms with Crippen LogP contribution >= 0.6 is 0 Å². The molecule has 3 unspecified atom stereocenters. The van der Waals surface area contributed by atoms with Crippen molar-refractivity contribution in [2.24, 2.45) is 10.9 Å². The van der Waals surface area contributed by atoms with Crippen LogP contribution in [0, 0.1) is 17.2 Å². The summed E-state index contributed by atoms with van der Waals surface area (Å²) in [5.74, 6) is 1.41. The summed E-state index contributed by atoms with van der Waals surface area (Å²) in [5, 5.41) is 15.8. The van der Waals surface area contributed by atoms with Crippen LogP contribution in [0.2, 0.25) is 0 Å². The Bertz CT molecular complexity index is 2210. The predicted octanol–water partition coefficient (Wildman–Crippen LogP) is 10.4. The Hall–Kier alpha value is -5.98. The molecule has 1 N–H and O–H groups in total. The molecular formula is C45H35N3. The minimum atomic E-state index is 0.0596. The molecule has 0 amide bonds. The van der Waals surface area contributed by atoms with Gasteiger partial charge in [0.1, 0.15) is 5.84 Å². The fraction of sp³-hybridized carbons (Fsp3) is 0.111. The van der Waals surface area contributed by atoms with Gasteiger partial charge in [0.2, 0.25) is 0 Å². The van der Waals surface area contributed by atoms with E-state index in [2.05, 4.69) is 163 Å². The number of aliphatic imine (C=N–C) groups is 1. The number of amidine groups is 1. The number of allylic oxidation sites excluding steroid dienone is 5. The van der Waals surface area contributed by atoms with E-state index in [-0.39, 0.29) is 12.0 Å². The van der Waals surface area contributed by atoms with Gasteiger partial charge in [-0.25, -0.2) is 4.99 Å². The Morgan fingerprint density at radius 1 is 0.688 bits per heavy atom. The third-order valence-corrected chi connectivity index (χ3v) is 9.70. The molecule has 8 rings (SSSR count). The van der Waals surface area contributed by atoms with E-state index < -0.39 is 0 Å². The normalized spacial score (nSPS) is 20.2. The molecular weight excluding hydrogens is 583 g/mol. The average molecular weight is 618 g/mol. The second kappa shape index (κ2) is 13.0. The van der Waals surface area contributed by atoms with Crippen molar-refractivity contribution < 1.29 is 0 Å². The zero-order valence-electron chi connectivity index (χ0n) is 26.6. The summed E-state index contributed by atoms with van der Waals surface area (Å²) in [4.78, 5) is 5.40. The fourth-order valence-electron chi connectivity index (χ4n) is 7.32. The van der Waals surface area contributed by atoms with Crippen LogP contribution in [-0.4, -0.2) is 11.9 Å². The molecule has 0 bridgehead atoms. The van der Waals surface area contributed by atoms with E-state index in [1.54, 1.807) is 0 Å². The quantitative estimate of drug-likeness (QED) is 0.206. The summed E-state index contributed by atoms with van der Waals surface area (Å²) in [6.45, 7) is 0. The molecule has 3 nitrogen and oxygen atoms in total.